The van der Waals surface area contributed by atoms with Crippen LogP contribution < -0.4 is 10.6 Å². The molecule has 0 aliphatic heterocycles. The van der Waals surface area contributed by atoms with Gasteiger partial charge >= 0.3 is 24.7 Å². The molecule has 4 nitrogen and oxygen atoms in total. The Bertz CT molecular complexity index is 461. The van der Waals surface area contributed by atoms with Crippen molar-refractivity contribution in [1.82, 2.24) is 10.6 Å². The van der Waals surface area contributed by atoms with Gasteiger partial charge in [-0.1, -0.05) is 51.4 Å². The van der Waals surface area contributed by atoms with Crippen molar-refractivity contribution in [3.05, 3.63) is 0 Å². The fraction of sp³-hybridized carbons (Fsp3) is 0.889. The second-order valence-electron chi connectivity index (χ2n) is 6.89. The van der Waals surface area contributed by atoms with Crippen molar-refractivity contribution < 1.29 is 44.7 Å². The summed E-state index contributed by atoms with van der Waals surface area (Å²) in [5.41, 5.74) is 0. The Kier molecular flexibility index (Phi) is 13.6. The van der Waals surface area contributed by atoms with Gasteiger partial charge in [0, 0.05) is 13.1 Å². The lowest BCUT2D eigenvalue weighted by Crippen LogP contribution is -2.45. The number of hydrogen-bond acceptors (Lipinski definition) is 2. The van der Waals surface area contributed by atoms with E-state index in [0.717, 1.165) is 38.5 Å². The fourth-order valence-electron chi connectivity index (χ4n) is 2.50. The number of carbonyl (C=O) groups is 2. The molecule has 0 radical (unpaired) electrons. The Morgan fingerprint density at radius 1 is 0.533 bits per heavy atom. The zero-order valence-corrected chi connectivity index (χ0v) is 16.5. The number of hydrogen-bond donors (Lipinski definition) is 2. The van der Waals surface area contributed by atoms with Gasteiger partial charge in [0.2, 0.25) is 0 Å². The van der Waals surface area contributed by atoms with E-state index in [9.17, 15) is 44.7 Å². The molecule has 0 aliphatic rings. The SMILES string of the molecule is O=C(NCCCCCCCCCCCCNC(=O)C(F)(F)C(F)F)C(F)(F)C(F)F. The summed E-state index contributed by atoms with van der Waals surface area (Å²) in [6, 6.07) is 0. The van der Waals surface area contributed by atoms with E-state index in [1.54, 1.807) is 10.6 Å². The van der Waals surface area contributed by atoms with E-state index in [0.29, 0.717) is 25.7 Å². The highest BCUT2D eigenvalue weighted by atomic mass is 19.3. The molecule has 0 rings (SSSR count). The Morgan fingerprint density at radius 2 is 0.767 bits per heavy atom. The molecule has 178 valence electrons. The molecule has 0 aromatic rings. The molecule has 0 aliphatic carbocycles. The third kappa shape index (κ3) is 11.0. The predicted molar refractivity (Wildman–Crippen MR) is 94.1 cm³/mol. The molecule has 0 atom stereocenters. The molecule has 2 N–H and O–H groups in total. The van der Waals surface area contributed by atoms with Crippen molar-refractivity contribution in [1.29, 1.82) is 0 Å². The molecule has 0 saturated carbocycles. The number of alkyl halides is 8. The normalized spacial score (nSPS) is 12.5. The number of nitrogens with one attached hydrogen (secondary N) is 2. The van der Waals surface area contributed by atoms with Gasteiger partial charge in [0.05, 0.1) is 0 Å². The minimum absolute atomic E-state index is 0.0963. The highest BCUT2D eigenvalue weighted by molar-refractivity contribution is 5.84. The van der Waals surface area contributed by atoms with Crippen LogP contribution in [0.5, 0.6) is 0 Å². The monoisotopic (exact) mass is 456 g/mol. The van der Waals surface area contributed by atoms with Crippen molar-refractivity contribution in [3.63, 3.8) is 0 Å². The van der Waals surface area contributed by atoms with Crippen molar-refractivity contribution in [2.75, 3.05) is 13.1 Å². The average Bonchev–Trinajstić information content (AvgIpc) is 2.67. The molecule has 0 spiro atoms. The van der Waals surface area contributed by atoms with Gasteiger partial charge in [0.15, 0.2) is 0 Å². The lowest BCUT2D eigenvalue weighted by Gasteiger charge is -2.14. The summed E-state index contributed by atoms with van der Waals surface area (Å²) in [6.45, 7) is -0.193. The van der Waals surface area contributed by atoms with Gasteiger partial charge in [-0.2, -0.15) is 17.6 Å². The van der Waals surface area contributed by atoms with Crippen LogP contribution in [0.4, 0.5) is 35.1 Å². The van der Waals surface area contributed by atoms with Crippen molar-refractivity contribution >= 4 is 11.8 Å². The molecule has 0 bridgehead atoms. The maximum absolute atomic E-state index is 12.7. The van der Waals surface area contributed by atoms with E-state index in [2.05, 4.69) is 0 Å². The molecule has 0 aromatic heterocycles. The Hall–Kier alpha value is -1.62. The predicted octanol–water partition coefficient (Wildman–Crippen LogP) is 4.92. The van der Waals surface area contributed by atoms with Crippen LogP contribution in [0.2, 0.25) is 0 Å². The van der Waals surface area contributed by atoms with Gasteiger partial charge in [0.1, 0.15) is 0 Å². The van der Waals surface area contributed by atoms with Crippen molar-refractivity contribution in [2.24, 2.45) is 0 Å². The zero-order chi connectivity index (χ0) is 23.2. The molecule has 0 heterocycles. The second-order valence-corrected chi connectivity index (χ2v) is 6.89. The first-order valence-corrected chi connectivity index (χ1v) is 9.82. The quantitative estimate of drug-likeness (QED) is 0.241. The molecule has 0 fully saturated rings. The van der Waals surface area contributed by atoms with Gasteiger partial charge in [-0.15, -0.1) is 0 Å². The fourth-order valence-corrected chi connectivity index (χ4v) is 2.50. The first-order valence-electron chi connectivity index (χ1n) is 9.82. The van der Waals surface area contributed by atoms with Crippen LogP contribution in [0, 0.1) is 0 Å². The highest BCUT2D eigenvalue weighted by Crippen LogP contribution is 2.23. The van der Waals surface area contributed by atoms with Crippen LogP contribution in [0.3, 0.4) is 0 Å². The summed E-state index contributed by atoms with van der Waals surface area (Å²) >= 11 is 0. The maximum atomic E-state index is 12.7. The molecule has 2 amide bonds. The highest BCUT2D eigenvalue weighted by Gasteiger charge is 2.49. The molecule has 30 heavy (non-hydrogen) atoms. The van der Waals surface area contributed by atoms with E-state index in [1.165, 1.54) is 0 Å². The van der Waals surface area contributed by atoms with Crippen LogP contribution in [0.15, 0.2) is 0 Å². The van der Waals surface area contributed by atoms with E-state index in [1.807, 2.05) is 0 Å². The molecular formula is C18H28F8N2O2. The van der Waals surface area contributed by atoms with Crippen LogP contribution in [-0.4, -0.2) is 49.6 Å². The molecule has 0 unspecified atom stereocenters. The number of rotatable bonds is 17. The molecule has 0 saturated heterocycles. The van der Waals surface area contributed by atoms with Crippen molar-refractivity contribution in [3.8, 4) is 0 Å². The summed E-state index contributed by atoms with van der Waals surface area (Å²) in [5, 5.41) is 3.57. The number of carbonyl (C=O) groups excluding carboxylic acids is 2. The zero-order valence-electron chi connectivity index (χ0n) is 16.5. The van der Waals surface area contributed by atoms with E-state index in [-0.39, 0.29) is 13.1 Å². The standard InChI is InChI=1S/C18H28F8N2O2/c19-13(20)17(23,24)15(29)27-11-9-7-5-3-1-2-4-6-8-10-12-28-16(30)18(25,26)14(21)22/h13-14H,1-12H2,(H,27,29)(H,28,30). The molecular weight excluding hydrogens is 428 g/mol. The van der Waals surface area contributed by atoms with E-state index < -0.39 is 36.5 Å². The van der Waals surface area contributed by atoms with Crippen LogP contribution >= 0.6 is 0 Å². The second kappa shape index (κ2) is 14.4. The van der Waals surface area contributed by atoms with Crippen LogP contribution in [0.1, 0.15) is 64.2 Å². The Balaban J connectivity index is 3.48. The summed E-state index contributed by atoms with van der Waals surface area (Å²) in [6.07, 6.45) is -0.787. The lowest BCUT2D eigenvalue weighted by atomic mass is 10.1. The van der Waals surface area contributed by atoms with Gasteiger partial charge < -0.3 is 10.6 Å². The van der Waals surface area contributed by atoms with Gasteiger partial charge in [-0.25, -0.2) is 17.6 Å². The first kappa shape index (κ1) is 28.4. The minimum atomic E-state index is -4.68. The summed E-state index contributed by atoms with van der Waals surface area (Å²) in [5.74, 6) is -13.3. The number of halogens is 8. The average molecular weight is 456 g/mol. The van der Waals surface area contributed by atoms with E-state index >= 15 is 0 Å². The number of unbranched alkanes of at least 4 members (excludes halogenated alkanes) is 9. The minimum Gasteiger partial charge on any atom is -0.351 e. The van der Waals surface area contributed by atoms with Crippen LogP contribution in [0.25, 0.3) is 0 Å². The van der Waals surface area contributed by atoms with Gasteiger partial charge in [-0.05, 0) is 12.8 Å². The largest absolute Gasteiger partial charge is 0.383 e. The summed E-state index contributed by atoms with van der Waals surface area (Å²) in [7, 11) is 0. The first-order chi connectivity index (χ1) is 13.9. The molecule has 12 heteroatoms. The van der Waals surface area contributed by atoms with Crippen molar-refractivity contribution in [2.45, 2.75) is 88.9 Å². The Labute approximate surface area is 170 Å². The number of amides is 2. The van der Waals surface area contributed by atoms with Crippen LogP contribution in [-0.2, 0) is 9.59 Å². The topological polar surface area (TPSA) is 58.2 Å². The smallest absolute Gasteiger partial charge is 0.351 e. The Morgan fingerprint density at radius 3 is 1.00 bits per heavy atom. The van der Waals surface area contributed by atoms with Gasteiger partial charge in [-0.3, -0.25) is 9.59 Å². The maximum Gasteiger partial charge on any atom is 0.383 e. The lowest BCUT2D eigenvalue weighted by molar-refractivity contribution is -0.169. The third-order valence-electron chi connectivity index (χ3n) is 4.33. The summed E-state index contributed by atoms with van der Waals surface area (Å²) in [4.78, 5) is 21.8. The summed E-state index contributed by atoms with van der Waals surface area (Å²) < 4.78 is 98.4. The van der Waals surface area contributed by atoms with Gasteiger partial charge in [0.25, 0.3) is 11.8 Å². The van der Waals surface area contributed by atoms with E-state index in [4.69, 9.17) is 0 Å². The third-order valence-corrected chi connectivity index (χ3v) is 4.33. The molecule has 0 aromatic carbocycles.